The van der Waals surface area contributed by atoms with Gasteiger partial charge in [0.05, 0.1) is 18.4 Å². The summed E-state index contributed by atoms with van der Waals surface area (Å²) in [5.41, 5.74) is 3.14. The molecular weight excluding hydrogens is 340 g/mol. The van der Waals surface area contributed by atoms with Crippen LogP contribution in [0, 0.1) is 12.8 Å². The molecule has 27 heavy (non-hydrogen) atoms. The Morgan fingerprint density at radius 2 is 1.67 bits per heavy atom. The highest BCUT2D eigenvalue weighted by molar-refractivity contribution is 6.36. The number of carbonyl (C=O) groups is 2. The molecule has 2 aromatic carbocycles. The zero-order valence-electron chi connectivity index (χ0n) is 16.1. The van der Waals surface area contributed by atoms with E-state index >= 15 is 0 Å². The predicted octanol–water partition coefficient (Wildman–Crippen LogP) is 3.85. The Morgan fingerprint density at radius 3 is 2.30 bits per heavy atom. The van der Waals surface area contributed by atoms with Crippen molar-refractivity contribution >= 4 is 23.1 Å². The van der Waals surface area contributed by atoms with Crippen LogP contribution in [0.15, 0.2) is 54.2 Å². The molecule has 2 amide bonds. The minimum Gasteiger partial charge on any atom is -0.495 e. The summed E-state index contributed by atoms with van der Waals surface area (Å²) in [6, 6.07) is 15.0. The quantitative estimate of drug-likeness (QED) is 0.791. The number of amides is 2. The summed E-state index contributed by atoms with van der Waals surface area (Å²) in [6.45, 7) is 6.33. The average molecular weight is 364 g/mol. The predicted molar refractivity (Wildman–Crippen MR) is 106 cm³/mol. The Hall–Kier alpha value is -3.08. The number of ether oxygens (including phenoxy) is 1. The molecule has 0 radical (unpaired) electrons. The first kappa shape index (κ1) is 18.7. The Labute approximate surface area is 159 Å². The second-order valence-corrected chi connectivity index (χ2v) is 7.06. The van der Waals surface area contributed by atoms with Crippen LogP contribution >= 0.6 is 0 Å². The van der Waals surface area contributed by atoms with E-state index in [1.165, 1.54) is 4.90 Å². The van der Waals surface area contributed by atoms with Crippen molar-refractivity contribution in [2.75, 3.05) is 19.0 Å². The van der Waals surface area contributed by atoms with Gasteiger partial charge in [-0.1, -0.05) is 55.8 Å². The molecular formula is C22H24N2O3. The molecule has 3 rings (SSSR count). The van der Waals surface area contributed by atoms with Gasteiger partial charge in [-0.25, -0.2) is 0 Å². The zero-order chi connectivity index (χ0) is 19.6. The summed E-state index contributed by atoms with van der Waals surface area (Å²) in [6.07, 6.45) is 0. The molecule has 0 atom stereocenters. The average Bonchev–Trinajstić information content (AvgIpc) is 2.87. The summed E-state index contributed by atoms with van der Waals surface area (Å²) in [7, 11) is 1.57. The Balaban J connectivity index is 2.09. The van der Waals surface area contributed by atoms with Crippen molar-refractivity contribution in [2.24, 2.45) is 5.92 Å². The first-order valence-corrected chi connectivity index (χ1v) is 9.00. The summed E-state index contributed by atoms with van der Waals surface area (Å²) in [4.78, 5) is 27.4. The number of imide groups is 1. The molecule has 0 saturated carbocycles. The van der Waals surface area contributed by atoms with Crippen LogP contribution in [-0.2, 0) is 9.59 Å². The highest BCUT2D eigenvalue weighted by atomic mass is 16.5. The molecule has 1 N–H and O–H groups in total. The number of hydrogen-bond acceptors (Lipinski definition) is 4. The van der Waals surface area contributed by atoms with Gasteiger partial charge < -0.3 is 10.1 Å². The summed E-state index contributed by atoms with van der Waals surface area (Å²) >= 11 is 0. The van der Waals surface area contributed by atoms with Crippen molar-refractivity contribution in [3.8, 4) is 5.75 Å². The number of nitrogens with zero attached hydrogens (tertiary/aromatic N) is 1. The van der Waals surface area contributed by atoms with Crippen LogP contribution in [0.1, 0.15) is 25.0 Å². The number of aryl methyl sites for hydroxylation is 1. The third-order valence-corrected chi connectivity index (χ3v) is 4.42. The van der Waals surface area contributed by atoms with E-state index < -0.39 is 0 Å². The van der Waals surface area contributed by atoms with Crippen molar-refractivity contribution < 1.29 is 14.3 Å². The van der Waals surface area contributed by atoms with E-state index in [0.29, 0.717) is 23.6 Å². The maximum absolute atomic E-state index is 13.1. The van der Waals surface area contributed by atoms with Crippen molar-refractivity contribution in [2.45, 2.75) is 20.8 Å². The van der Waals surface area contributed by atoms with E-state index in [1.54, 1.807) is 7.11 Å². The Morgan fingerprint density at radius 1 is 1.00 bits per heavy atom. The number of methoxy groups -OCH3 is 1. The first-order chi connectivity index (χ1) is 12.9. The van der Waals surface area contributed by atoms with Crippen molar-refractivity contribution in [1.82, 2.24) is 4.90 Å². The number of anilines is 1. The third kappa shape index (κ3) is 3.72. The number of hydrogen-bond donors (Lipinski definition) is 1. The van der Waals surface area contributed by atoms with Crippen LogP contribution in [0.5, 0.6) is 5.75 Å². The van der Waals surface area contributed by atoms with E-state index in [1.807, 2.05) is 69.3 Å². The van der Waals surface area contributed by atoms with Gasteiger partial charge in [0, 0.05) is 6.54 Å². The lowest BCUT2D eigenvalue weighted by Gasteiger charge is -2.17. The SMILES string of the molecule is COc1ccccc1NC1=C(c2ccc(C)cc2)C(=O)N(CC(C)C)C1=O. The maximum Gasteiger partial charge on any atom is 0.278 e. The van der Waals surface area contributed by atoms with Gasteiger partial charge in [-0.15, -0.1) is 0 Å². The summed E-state index contributed by atoms with van der Waals surface area (Å²) in [5.74, 6) is 0.212. The molecule has 5 heteroatoms. The lowest BCUT2D eigenvalue weighted by Crippen LogP contribution is -2.35. The van der Waals surface area contributed by atoms with Crippen molar-refractivity contribution in [3.63, 3.8) is 0 Å². The molecule has 0 spiro atoms. The monoisotopic (exact) mass is 364 g/mol. The lowest BCUT2D eigenvalue weighted by atomic mass is 10.0. The molecule has 140 valence electrons. The van der Waals surface area contributed by atoms with Crippen LogP contribution in [0.2, 0.25) is 0 Å². The third-order valence-electron chi connectivity index (χ3n) is 4.42. The van der Waals surface area contributed by atoms with Crippen molar-refractivity contribution in [3.05, 3.63) is 65.4 Å². The molecule has 0 fully saturated rings. The van der Waals surface area contributed by atoms with Crippen LogP contribution in [0.25, 0.3) is 5.57 Å². The zero-order valence-corrected chi connectivity index (χ0v) is 16.1. The Kier molecular flexibility index (Phi) is 5.31. The van der Waals surface area contributed by atoms with Crippen molar-refractivity contribution in [1.29, 1.82) is 0 Å². The highest BCUT2D eigenvalue weighted by Gasteiger charge is 2.39. The highest BCUT2D eigenvalue weighted by Crippen LogP contribution is 2.33. The molecule has 2 aromatic rings. The Bertz CT molecular complexity index is 898. The fourth-order valence-electron chi connectivity index (χ4n) is 3.09. The van der Waals surface area contributed by atoms with Crippen LogP contribution in [0.4, 0.5) is 5.69 Å². The molecule has 5 nitrogen and oxygen atoms in total. The summed E-state index contributed by atoms with van der Waals surface area (Å²) in [5, 5.41) is 3.15. The number of rotatable bonds is 6. The molecule has 0 bridgehead atoms. The van der Waals surface area contributed by atoms with Crippen LogP contribution in [0.3, 0.4) is 0 Å². The van der Waals surface area contributed by atoms with Crippen LogP contribution < -0.4 is 10.1 Å². The smallest absolute Gasteiger partial charge is 0.278 e. The second-order valence-electron chi connectivity index (χ2n) is 7.06. The lowest BCUT2D eigenvalue weighted by molar-refractivity contribution is -0.137. The normalized spacial score (nSPS) is 14.3. The molecule has 1 aliphatic heterocycles. The minimum absolute atomic E-state index is 0.183. The molecule has 0 unspecified atom stereocenters. The minimum atomic E-state index is -0.310. The van der Waals surface area contributed by atoms with Gasteiger partial charge in [0.15, 0.2) is 0 Å². The van der Waals surface area contributed by atoms with E-state index in [2.05, 4.69) is 5.32 Å². The van der Waals surface area contributed by atoms with Gasteiger partial charge in [0.2, 0.25) is 0 Å². The number of nitrogens with one attached hydrogen (secondary N) is 1. The van der Waals surface area contributed by atoms with E-state index in [4.69, 9.17) is 4.74 Å². The number of para-hydroxylation sites is 2. The first-order valence-electron chi connectivity index (χ1n) is 9.00. The molecule has 1 heterocycles. The van der Waals surface area contributed by atoms with Gasteiger partial charge in [0.1, 0.15) is 11.4 Å². The topological polar surface area (TPSA) is 58.6 Å². The number of carbonyl (C=O) groups excluding carboxylic acids is 2. The summed E-state index contributed by atoms with van der Waals surface area (Å²) < 4.78 is 5.37. The second kappa shape index (κ2) is 7.66. The molecule has 0 aliphatic carbocycles. The molecule has 1 aliphatic rings. The standard InChI is InChI=1S/C22H24N2O3/c1-14(2)13-24-21(25)19(16-11-9-15(3)10-12-16)20(22(24)26)23-17-7-5-6-8-18(17)27-4/h5-12,14,23H,13H2,1-4H3. The van der Waals surface area contributed by atoms with Gasteiger partial charge in [0.25, 0.3) is 11.8 Å². The van der Waals surface area contributed by atoms with E-state index in [0.717, 1.165) is 11.1 Å². The van der Waals surface area contributed by atoms with Crippen LogP contribution in [-0.4, -0.2) is 30.4 Å². The maximum atomic E-state index is 13.1. The van der Waals surface area contributed by atoms with Gasteiger partial charge in [-0.3, -0.25) is 14.5 Å². The molecule has 0 saturated heterocycles. The number of benzene rings is 2. The van der Waals surface area contributed by atoms with Gasteiger partial charge >= 0.3 is 0 Å². The van der Waals surface area contributed by atoms with E-state index in [9.17, 15) is 9.59 Å². The van der Waals surface area contributed by atoms with E-state index in [-0.39, 0.29) is 23.4 Å². The van der Waals surface area contributed by atoms with Gasteiger partial charge in [-0.05, 0) is 30.5 Å². The fourth-order valence-corrected chi connectivity index (χ4v) is 3.09. The fraction of sp³-hybridized carbons (Fsp3) is 0.273. The largest absolute Gasteiger partial charge is 0.495 e. The molecule has 0 aromatic heterocycles. The van der Waals surface area contributed by atoms with Gasteiger partial charge in [-0.2, -0.15) is 0 Å².